The van der Waals surface area contributed by atoms with Crippen LogP contribution in [-0.4, -0.2) is 95.9 Å². The van der Waals surface area contributed by atoms with Crippen LogP contribution in [0.25, 0.3) is 11.1 Å². The Hall–Kier alpha value is -2.79. The number of methoxy groups -OCH3 is 2. The van der Waals surface area contributed by atoms with Gasteiger partial charge in [-0.1, -0.05) is 42.5 Å². The molecular formula is C32H43NO8. The number of fused-ring (bicyclic) bond motifs is 3. The fourth-order valence-electron chi connectivity index (χ4n) is 5.63. The van der Waals surface area contributed by atoms with E-state index in [1.54, 1.807) is 26.2 Å². The summed E-state index contributed by atoms with van der Waals surface area (Å²) in [7, 11) is 4.80. The Morgan fingerprint density at radius 1 is 1.02 bits per heavy atom. The number of amides is 1. The van der Waals surface area contributed by atoms with E-state index in [1.807, 2.05) is 13.0 Å². The molecule has 0 spiro atoms. The Morgan fingerprint density at radius 3 is 2.49 bits per heavy atom. The lowest BCUT2D eigenvalue weighted by Crippen LogP contribution is -2.42. The molecule has 9 nitrogen and oxygen atoms in total. The molecular weight excluding hydrogens is 526 g/mol. The monoisotopic (exact) mass is 569 g/mol. The van der Waals surface area contributed by atoms with Gasteiger partial charge in [-0.3, -0.25) is 4.79 Å². The van der Waals surface area contributed by atoms with Crippen LogP contribution in [0.15, 0.2) is 54.3 Å². The van der Waals surface area contributed by atoms with Gasteiger partial charge in [0.05, 0.1) is 33.0 Å². The molecule has 0 unspecified atom stereocenters. The number of hydrogen-bond acceptors (Lipinski definition) is 8. The largest absolute Gasteiger partial charge is 0.459 e. The van der Waals surface area contributed by atoms with Gasteiger partial charge in [-0.2, -0.15) is 0 Å². The standard InChI is InChI=1S/C32H43NO8/c1-5-40-32-26(13-15-38-17-18-39-16-14-34)28(20-29(41-32)31(35)33(2)21-30(36-3)37-4)25-12-8-11-24-23-10-7-6-9-22(23)19-27(24)25/h6-12,20,26,28,30,32,34H,5,13-19,21H2,1-4H3/t26-,28+,32+/m0/s1. The van der Waals surface area contributed by atoms with Gasteiger partial charge in [0.2, 0.25) is 6.29 Å². The SMILES string of the molecule is CCO[C@@H]1OC(C(=O)N(C)CC(OC)OC)=C[C@H](c2cccc3c2Cc2ccccc2-3)[C@@H]1CCOCCOCCO. The smallest absolute Gasteiger partial charge is 0.288 e. The molecule has 2 aromatic rings. The third-order valence-corrected chi connectivity index (χ3v) is 7.67. The first-order chi connectivity index (χ1) is 20.0. The van der Waals surface area contributed by atoms with Crippen LogP contribution < -0.4 is 0 Å². The van der Waals surface area contributed by atoms with E-state index in [9.17, 15) is 4.79 Å². The number of nitrogens with zero attached hydrogens (tertiary/aromatic N) is 1. The van der Waals surface area contributed by atoms with E-state index in [4.69, 9.17) is 33.5 Å². The topological polar surface area (TPSA) is 95.9 Å². The van der Waals surface area contributed by atoms with Crippen molar-refractivity contribution in [3.05, 3.63) is 71.0 Å². The number of benzene rings is 2. The molecule has 3 atom stereocenters. The van der Waals surface area contributed by atoms with Crippen LogP contribution >= 0.6 is 0 Å². The lowest BCUT2D eigenvalue weighted by Gasteiger charge is -2.38. The van der Waals surface area contributed by atoms with Gasteiger partial charge in [-0.25, -0.2) is 0 Å². The highest BCUT2D eigenvalue weighted by Gasteiger charge is 2.40. The molecule has 1 heterocycles. The number of rotatable bonds is 16. The number of ether oxygens (including phenoxy) is 6. The Morgan fingerprint density at radius 2 is 1.76 bits per heavy atom. The van der Waals surface area contributed by atoms with Gasteiger partial charge in [0, 0.05) is 46.3 Å². The molecule has 1 aliphatic heterocycles. The third-order valence-electron chi connectivity index (χ3n) is 7.67. The Labute approximate surface area is 242 Å². The van der Waals surface area contributed by atoms with Crippen LogP contribution in [0, 0.1) is 5.92 Å². The van der Waals surface area contributed by atoms with Crippen LogP contribution in [0.3, 0.4) is 0 Å². The highest BCUT2D eigenvalue weighted by molar-refractivity contribution is 5.91. The van der Waals surface area contributed by atoms with Gasteiger partial charge >= 0.3 is 0 Å². The number of likely N-dealkylation sites (N-methyl/N-ethyl adjacent to an activating group) is 1. The Bertz CT molecular complexity index is 1160. The quantitative estimate of drug-likeness (QED) is 0.206. The van der Waals surface area contributed by atoms with Crippen molar-refractivity contribution in [2.75, 3.05) is 67.5 Å². The molecule has 2 aliphatic rings. The van der Waals surface area contributed by atoms with Crippen molar-refractivity contribution < 1.29 is 38.3 Å². The predicted octanol–water partition coefficient (Wildman–Crippen LogP) is 3.73. The van der Waals surface area contributed by atoms with Gasteiger partial charge in [0.15, 0.2) is 12.0 Å². The van der Waals surface area contributed by atoms with E-state index in [1.165, 1.54) is 27.8 Å². The van der Waals surface area contributed by atoms with Crippen LogP contribution in [0.2, 0.25) is 0 Å². The van der Waals surface area contributed by atoms with Gasteiger partial charge in [0.25, 0.3) is 5.91 Å². The maximum absolute atomic E-state index is 13.6. The van der Waals surface area contributed by atoms with Crippen molar-refractivity contribution in [3.8, 4) is 11.1 Å². The first kappa shape index (κ1) is 31.2. The van der Waals surface area contributed by atoms with Crippen molar-refractivity contribution in [3.63, 3.8) is 0 Å². The second-order valence-corrected chi connectivity index (χ2v) is 10.2. The third kappa shape index (κ3) is 7.54. The molecule has 0 saturated heterocycles. The molecule has 41 heavy (non-hydrogen) atoms. The molecule has 2 aromatic carbocycles. The highest BCUT2D eigenvalue weighted by Crippen LogP contribution is 2.45. The predicted molar refractivity (Wildman–Crippen MR) is 154 cm³/mol. The fourth-order valence-corrected chi connectivity index (χ4v) is 5.63. The summed E-state index contributed by atoms with van der Waals surface area (Å²) in [6.45, 7) is 4.22. The summed E-state index contributed by atoms with van der Waals surface area (Å²) in [6, 6.07) is 14.9. The van der Waals surface area contributed by atoms with Gasteiger partial charge in [-0.05, 0) is 53.7 Å². The van der Waals surface area contributed by atoms with E-state index in [2.05, 4.69) is 42.5 Å². The molecule has 9 heteroatoms. The highest BCUT2D eigenvalue weighted by atomic mass is 16.7. The molecule has 1 amide bonds. The summed E-state index contributed by atoms with van der Waals surface area (Å²) in [5, 5.41) is 8.90. The van der Waals surface area contributed by atoms with Gasteiger partial charge < -0.3 is 38.4 Å². The molecule has 1 aliphatic carbocycles. The van der Waals surface area contributed by atoms with E-state index < -0.39 is 12.6 Å². The summed E-state index contributed by atoms with van der Waals surface area (Å²) in [5.74, 6) is -0.224. The molecule has 0 bridgehead atoms. The number of carbonyl (C=O) groups excluding carboxylic acids is 1. The van der Waals surface area contributed by atoms with Crippen LogP contribution in [0.5, 0.6) is 0 Å². The molecule has 0 radical (unpaired) electrons. The summed E-state index contributed by atoms with van der Waals surface area (Å²) < 4.78 is 34.2. The summed E-state index contributed by atoms with van der Waals surface area (Å²) in [4.78, 5) is 15.2. The number of hydrogen-bond donors (Lipinski definition) is 1. The normalized spacial score (nSPS) is 19.5. The van der Waals surface area contributed by atoms with Gasteiger partial charge in [-0.15, -0.1) is 0 Å². The summed E-state index contributed by atoms with van der Waals surface area (Å²) in [6.07, 6.45) is 2.28. The van der Waals surface area contributed by atoms with Crippen molar-refractivity contribution in [1.29, 1.82) is 0 Å². The van der Waals surface area contributed by atoms with E-state index >= 15 is 0 Å². The summed E-state index contributed by atoms with van der Waals surface area (Å²) in [5.41, 5.74) is 6.23. The lowest BCUT2D eigenvalue weighted by molar-refractivity contribution is -0.174. The molecule has 0 aromatic heterocycles. The number of aliphatic hydroxyl groups excluding tert-OH is 1. The Balaban J connectivity index is 1.65. The number of allylic oxidation sites excluding steroid dienone is 1. The minimum atomic E-state index is -0.628. The molecule has 0 fully saturated rings. The summed E-state index contributed by atoms with van der Waals surface area (Å²) >= 11 is 0. The van der Waals surface area contributed by atoms with Crippen molar-refractivity contribution in [1.82, 2.24) is 4.90 Å². The average Bonchev–Trinajstić information content (AvgIpc) is 3.38. The second-order valence-electron chi connectivity index (χ2n) is 10.2. The zero-order valence-corrected chi connectivity index (χ0v) is 24.5. The minimum absolute atomic E-state index is 0.0113. The molecule has 0 saturated carbocycles. The van der Waals surface area contributed by atoms with Crippen LogP contribution in [0.1, 0.15) is 36.0 Å². The number of aliphatic hydroxyl groups is 1. The molecule has 1 N–H and O–H groups in total. The molecule has 4 rings (SSSR count). The zero-order chi connectivity index (χ0) is 29.2. The first-order valence-electron chi connectivity index (χ1n) is 14.3. The van der Waals surface area contributed by atoms with Gasteiger partial charge in [0.1, 0.15) is 0 Å². The van der Waals surface area contributed by atoms with E-state index in [0.717, 1.165) is 6.42 Å². The minimum Gasteiger partial charge on any atom is -0.459 e. The lowest BCUT2D eigenvalue weighted by atomic mass is 9.78. The van der Waals surface area contributed by atoms with Crippen molar-refractivity contribution >= 4 is 5.91 Å². The first-order valence-corrected chi connectivity index (χ1v) is 14.3. The average molecular weight is 570 g/mol. The number of carbonyl (C=O) groups is 1. The zero-order valence-electron chi connectivity index (χ0n) is 24.5. The van der Waals surface area contributed by atoms with E-state index in [-0.39, 0.29) is 36.7 Å². The van der Waals surface area contributed by atoms with Crippen molar-refractivity contribution in [2.45, 2.75) is 38.3 Å². The molecule has 224 valence electrons. The van der Waals surface area contributed by atoms with E-state index in [0.29, 0.717) is 39.5 Å². The second kappa shape index (κ2) is 15.4. The maximum Gasteiger partial charge on any atom is 0.288 e. The van der Waals surface area contributed by atoms with Crippen molar-refractivity contribution in [2.24, 2.45) is 5.92 Å². The maximum atomic E-state index is 13.6. The van der Waals surface area contributed by atoms with Crippen LogP contribution in [-0.2, 0) is 39.6 Å². The Kier molecular flexibility index (Phi) is 11.7. The van der Waals surface area contributed by atoms with Crippen LogP contribution in [0.4, 0.5) is 0 Å². The fraction of sp³-hybridized carbons (Fsp3) is 0.531.